The van der Waals surface area contributed by atoms with E-state index in [1.807, 2.05) is 72.8 Å². The zero-order chi connectivity index (χ0) is 26.9. The Hall–Kier alpha value is -3.62. The third-order valence-corrected chi connectivity index (χ3v) is 6.84. The van der Waals surface area contributed by atoms with Gasteiger partial charge in [-0.1, -0.05) is 60.7 Å². The molecule has 0 aliphatic carbocycles. The van der Waals surface area contributed by atoms with Gasteiger partial charge in [-0.2, -0.15) is 0 Å². The number of ether oxygens (including phenoxy) is 2. The maximum atomic E-state index is 5.80. The molecule has 3 aromatic heterocycles. The zero-order valence-corrected chi connectivity index (χ0v) is 24.3. The molecule has 0 spiro atoms. The van der Waals surface area contributed by atoms with Crippen molar-refractivity contribution in [3.05, 3.63) is 129 Å². The van der Waals surface area contributed by atoms with Gasteiger partial charge in [-0.05, 0) is 81.1 Å². The molecule has 0 saturated carbocycles. The Balaban J connectivity index is 0.000000186. The van der Waals surface area contributed by atoms with Crippen LogP contribution in [0.25, 0.3) is 5.82 Å². The van der Waals surface area contributed by atoms with E-state index in [2.05, 4.69) is 72.4 Å². The summed E-state index contributed by atoms with van der Waals surface area (Å²) in [5, 5.41) is 0. The molecule has 0 amide bonds. The number of rotatable bonds is 7. The lowest BCUT2D eigenvalue weighted by atomic mass is 10.2. The van der Waals surface area contributed by atoms with E-state index in [1.165, 1.54) is 0 Å². The first kappa shape index (κ1) is 27.4. The van der Waals surface area contributed by atoms with Gasteiger partial charge in [0.25, 0.3) is 0 Å². The zero-order valence-electron chi connectivity index (χ0n) is 21.1. The molecule has 8 heteroatoms. The molecule has 5 rings (SSSR count). The van der Waals surface area contributed by atoms with Crippen LogP contribution < -0.4 is 15.2 Å². The molecule has 0 unspecified atom stereocenters. The standard InChI is InChI=1S/C18H17BrN2O.C12H11BrN2O/c1-13-8-9-14(2)21(13)18-17(19)10-16(11-20-18)22-12-15-6-4-3-5-7-15;13-11-6-10(7-15-12(11)14)16-8-9-4-2-1-3-5-9/h3-11H,12H2,1-2H3;1-7H,8H2,(H2,14,15). The molecular weight excluding hydrogens is 608 g/mol. The first-order chi connectivity index (χ1) is 18.4. The summed E-state index contributed by atoms with van der Waals surface area (Å²) >= 11 is 6.90. The maximum absolute atomic E-state index is 5.80. The Morgan fingerprint density at radius 2 is 1.16 bits per heavy atom. The van der Waals surface area contributed by atoms with Crippen molar-refractivity contribution in [3.63, 3.8) is 0 Å². The number of benzene rings is 2. The second kappa shape index (κ2) is 13.3. The van der Waals surface area contributed by atoms with Crippen molar-refractivity contribution in [1.82, 2.24) is 14.5 Å². The molecule has 0 fully saturated rings. The summed E-state index contributed by atoms with van der Waals surface area (Å²) < 4.78 is 15.2. The van der Waals surface area contributed by atoms with Gasteiger partial charge < -0.3 is 19.8 Å². The highest BCUT2D eigenvalue weighted by molar-refractivity contribution is 9.11. The predicted octanol–water partition coefficient (Wildman–Crippen LogP) is 7.84. The summed E-state index contributed by atoms with van der Waals surface area (Å²) in [6.07, 6.45) is 3.38. The normalized spacial score (nSPS) is 10.4. The van der Waals surface area contributed by atoms with E-state index in [4.69, 9.17) is 15.2 Å². The highest BCUT2D eigenvalue weighted by atomic mass is 79.9. The van der Waals surface area contributed by atoms with E-state index in [0.717, 1.165) is 43.0 Å². The molecule has 6 nitrogen and oxygen atoms in total. The number of halogens is 2. The number of anilines is 1. The molecule has 5 aromatic rings. The maximum Gasteiger partial charge on any atom is 0.151 e. The average molecular weight is 636 g/mol. The van der Waals surface area contributed by atoms with Gasteiger partial charge in [-0.25, -0.2) is 9.97 Å². The van der Waals surface area contributed by atoms with Crippen LogP contribution in [0.1, 0.15) is 22.5 Å². The Kier molecular flexibility index (Phi) is 9.56. The number of nitrogens with zero attached hydrogens (tertiary/aromatic N) is 3. The summed E-state index contributed by atoms with van der Waals surface area (Å²) in [5.41, 5.74) is 10.2. The fourth-order valence-corrected chi connectivity index (χ4v) is 4.48. The Morgan fingerprint density at radius 3 is 1.63 bits per heavy atom. The lowest BCUT2D eigenvalue weighted by molar-refractivity contribution is 0.304. The molecule has 2 N–H and O–H groups in total. The number of aromatic nitrogens is 3. The van der Waals surface area contributed by atoms with Crippen molar-refractivity contribution >= 4 is 37.7 Å². The largest absolute Gasteiger partial charge is 0.487 e. The number of pyridine rings is 2. The summed E-state index contributed by atoms with van der Waals surface area (Å²) in [6, 6.07) is 28.0. The van der Waals surface area contributed by atoms with Crippen LogP contribution in [0.15, 0.2) is 106 Å². The molecule has 0 radical (unpaired) electrons. The van der Waals surface area contributed by atoms with Gasteiger partial charge in [0.1, 0.15) is 30.5 Å². The first-order valence-corrected chi connectivity index (χ1v) is 13.5. The van der Waals surface area contributed by atoms with Crippen molar-refractivity contribution < 1.29 is 9.47 Å². The Bertz CT molecular complexity index is 1460. The van der Waals surface area contributed by atoms with Crippen LogP contribution in [0.5, 0.6) is 11.5 Å². The Morgan fingerprint density at radius 1 is 0.684 bits per heavy atom. The first-order valence-electron chi connectivity index (χ1n) is 12.0. The highest BCUT2D eigenvalue weighted by Gasteiger charge is 2.10. The average Bonchev–Trinajstić information content (AvgIpc) is 3.27. The summed E-state index contributed by atoms with van der Waals surface area (Å²) in [5.74, 6) is 2.80. The molecule has 194 valence electrons. The van der Waals surface area contributed by atoms with E-state index in [1.54, 1.807) is 12.4 Å². The number of hydrogen-bond donors (Lipinski definition) is 1. The highest BCUT2D eigenvalue weighted by Crippen LogP contribution is 2.27. The van der Waals surface area contributed by atoms with Gasteiger partial charge in [0.15, 0.2) is 5.82 Å². The smallest absolute Gasteiger partial charge is 0.151 e. The van der Waals surface area contributed by atoms with Gasteiger partial charge in [0, 0.05) is 11.4 Å². The Labute approximate surface area is 239 Å². The molecule has 0 atom stereocenters. The van der Waals surface area contributed by atoms with Crippen molar-refractivity contribution in [2.24, 2.45) is 0 Å². The summed E-state index contributed by atoms with van der Waals surface area (Å²) in [6.45, 7) is 5.20. The molecular formula is C30H28Br2N4O2. The van der Waals surface area contributed by atoms with Crippen LogP contribution in [0.2, 0.25) is 0 Å². The molecule has 38 heavy (non-hydrogen) atoms. The SMILES string of the molecule is Cc1ccc(C)n1-c1ncc(OCc2ccccc2)cc1Br.Nc1ncc(OCc2ccccc2)cc1Br. The second-order valence-electron chi connectivity index (χ2n) is 8.51. The van der Waals surface area contributed by atoms with Crippen LogP contribution in [-0.4, -0.2) is 14.5 Å². The minimum Gasteiger partial charge on any atom is -0.487 e. The van der Waals surface area contributed by atoms with Gasteiger partial charge >= 0.3 is 0 Å². The summed E-state index contributed by atoms with van der Waals surface area (Å²) in [7, 11) is 0. The molecule has 0 aliphatic heterocycles. The predicted molar refractivity (Wildman–Crippen MR) is 159 cm³/mol. The van der Waals surface area contributed by atoms with Gasteiger partial charge in [-0.3, -0.25) is 0 Å². The number of aryl methyl sites for hydroxylation is 2. The number of nitrogens with two attached hydrogens (primary N) is 1. The number of hydrogen-bond acceptors (Lipinski definition) is 5. The lowest BCUT2D eigenvalue weighted by Gasteiger charge is -2.12. The molecule has 0 aliphatic rings. The minimum absolute atomic E-state index is 0.465. The van der Waals surface area contributed by atoms with Crippen LogP contribution in [0.4, 0.5) is 5.82 Å². The fraction of sp³-hybridized carbons (Fsp3) is 0.133. The third kappa shape index (κ3) is 7.46. The van der Waals surface area contributed by atoms with E-state index in [-0.39, 0.29) is 0 Å². The monoisotopic (exact) mass is 634 g/mol. The second-order valence-corrected chi connectivity index (χ2v) is 10.2. The van der Waals surface area contributed by atoms with Gasteiger partial charge in [0.2, 0.25) is 0 Å². The topological polar surface area (TPSA) is 75.2 Å². The van der Waals surface area contributed by atoms with Crippen LogP contribution in [-0.2, 0) is 13.2 Å². The van der Waals surface area contributed by atoms with Crippen molar-refractivity contribution in [3.8, 4) is 17.3 Å². The van der Waals surface area contributed by atoms with Crippen LogP contribution in [0.3, 0.4) is 0 Å². The van der Waals surface area contributed by atoms with E-state index in [0.29, 0.717) is 24.8 Å². The van der Waals surface area contributed by atoms with Gasteiger partial charge in [-0.15, -0.1) is 0 Å². The van der Waals surface area contributed by atoms with Crippen molar-refractivity contribution in [2.45, 2.75) is 27.1 Å². The number of nitrogen functional groups attached to an aromatic ring is 1. The van der Waals surface area contributed by atoms with Crippen LogP contribution in [0, 0.1) is 13.8 Å². The lowest BCUT2D eigenvalue weighted by Crippen LogP contribution is -2.03. The molecule has 0 saturated heterocycles. The van der Waals surface area contributed by atoms with Crippen molar-refractivity contribution in [1.29, 1.82) is 0 Å². The minimum atomic E-state index is 0.465. The fourth-order valence-electron chi connectivity index (χ4n) is 3.65. The third-order valence-electron chi connectivity index (χ3n) is 5.62. The molecule has 2 aromatic carbocycles. The van der Waals surface area contributed by atoms with E-state index >= 15 is 0 Å². The van der Waals surface area contributed by atoms with E-state index < -0.39 is 0 Å². The molecule has 3 heterocycles. The summed E-state index contributed by atoms with van der Waals surface area (Å²) in [4.78, 5) is 8.54. The van der Waals surface area contributed by atoms with Gasteiger partial charge in [0.05, 0.1) is 21.3 Å². The quantitative estimate of drug-likeness (QED) is 0.197. The van der Waals surface area contributed by atoms with E-state index in [9.17, 15) is 0 Å². The molecule has 0 bridgehead atoms. The van der Waals surface area contributed by atoms with Crippen molar-refractivity contribution in [2.75, 3.05) is 5.73 Å². The van der Waals surface area contributed by atoms with Crippen LogP contribution >= 0.6 is 31.9 Å².